The Morgan fingerprint density at radius 1 is 1.21 bits per heavy atom. The van der Waals surface area contributed by atoms with E-state index in [9.17, 15) is 4.79 Å². The molecule has 3 rings (SSSR count). The van der Waals surface area contributed by atoms with E-state index in [1.54, 1.807) is 0 Å². The van der Waals surface area contributed by atoms with E-state index in [4.69, 9.17) is 9.47 Å². The van der Waals surface area contributed by atoms with Crippen molar-refractivity contribution >= 4 is 5.97 Å². The first-order valence-electron chi connectivity index (χ1n) is 9.24. The topological polar surface area (TPSA) is 47.6 Å². The molecule has 0 unspecified atom stereocenters. The zero-order chi connectivity index (χ0) is 16.8. The van der Waals surface area contributed by atoms with E-state index in [1.165, 1.54) is 31.2 Å². The van der Waals surface area contributed by atoms with E-state index in [2.05, 4.69) is 35.6 Å². The predicted molar refractivity (Wildman–Crippen MR) is 93.9 cm³/mol. The van der Waals surface area contributed by atoms with Crippen molar-refractivity contribution in [3.05, 3.63) is 35.9 Å². The summed E-state index contributed by atoms with van der Waals surface area (Å²) in [6, 6.07) is 10.9. The molecule has 0 spiro atoms. The molecule has 4 nitrogen and oxygen atoms in total. The van der Waals surface area contributed by atoms with E-state index < -0.39 is 0 Å². The Kier molecular flexibility index (Phi) is 5.90. The molecule has 1 aliphatic heterocycles. The number of nitrogens with one attached hydrogen (secondary N) is 1. The fraction of sp³-hybridized carbons (Fsp3) is 0.650. The molecule has 1 aromatic rings. The molecule has 24 heavy (non-hydrogen) atoms. The molecule has 1 N–H and O–H groups in total. The third kappa shape index (κ3) is 4.37. The van der Waals surface area contributed by atoms with Gasteiger partial charge in [-0.3, -0.25) is 4.79 Å². The number of carbonyl (C=O) groups is 1. The highest BCUT2D eigenvalue weighted by atomic mass is 16.5. The van der Waals surface area contributed by atoms with Crippen LogP contribution >= 0.6 is 0 Å². The van der Waals surface area contributed by atoms with Crippen molar-refractivity contribution in [3.63, 3.8) is 0 Å². The van der Waals surface area contributed by atoms with E-state index >= 15 is 0 Å². The van der Waals surface area contributed by atoms with Crippen LogP contribution in [-0.4, -0.2) is 37.9 Å². The maximum Gasteiger partial charge on any atom is 0.307 e. The summed E-state index contributed by atoms with van der Waals surface area (Å²) in [5, 5.41) is 3.62. The van der Waals surface area contributed by atoms with Crippen molar-refractivity contribution in [2.45, 2.75) is 50.5 Å². The van der Waals surface area contributed by atoms with Gasteiger partial charge in [-0.15, -0.1) is 0 Å². The van der Waals surface area contributed by atoms with Crippen LogP contribution in [0.5, 0.6) is 0 Å². The molecule has 1 saturated heterocycles. The second-order valence-corrected chi connectivity index (χ2v) is 7.26. The maximum atomic E-state index is 11.8. The highest BCUT2D eigenvalue weighted by Crippen LogP contribution is 2.35. The molecule has 0 bridgehead atoms. The monoisotopic (exact) mass is 331 g/mol. The number of hydrogen-bond acceptors (Lipinski definition) is 4. The lowest BCUT2D eigenvalue weighted by atomic mass is 9.78. The van der Waals surface area contributed by atoms with Gasteiger partial charge in [-0.25, -0.2) is 0 Å². The van der Waals surface area contributed by atoms with Crippen LogP contribution in [0.3, 0.4) is 0 Å². The van der Waals surface area contributed by atoms with Crippen molar-refractivity contribution in [1.82, 2.24) is 5.32 Å². The normalized spacial score (nSPS) is 25.7. The van der Waals surface area contributed by atoms with Crippen LogP contribution in [0.1, 0.15) is 50.5 Å². The summed E-state index contributed by atoms with van der Waals surface area (Å²) >= 11 is 0. The number of ether oxygens (including phenoxy) is 2. The molecule has 1 aromatic carbocycles. The lowest BCUT2D eigenvalue weighted by Gasteiger charge is -2.43. The molecule has 2 aliphatic rings. The van der Waals surface area contributed by atoms with Gasteiger partial charge in [0.15, 0.2) is 0 Å². The molecular weight excluding hydrogens is 302 g/mol. The van der Waals surface area contributed by atoms with Gasteiger partial charge in [0, 0.05) is 0 Å². The highest BCUT2D eigenvalue weighted by molar-refractivity contribution is 5.71. The molecule has 1 aliphatic carbocycles. The summed E-state index contributed by atoms with van der Waals surface area (Å²) in [7, 11) is 0. The van der Waals surface area contributed by atoms with E-state index in [0.717, 1.165) is 6.54 Å². The number of carbonyl (C=O) groups excluding carboxylic acids is 1. The lowest BCUT2D eigenvalue weighted by Crippen LogP contribution is -2.62. The van der Waals surface area contributed by atoms with E-state index in [0.29, 0.717) is 38.1 Å². The zero-order valence-corrected chi connectivity index (χ0v) is 14.6. The molecule has 1 heterocycles. The van der Waals surface area contributed by atoms with Gasteiger partial charge in [0.05, 0.1) is 31.8 Å². The Labute approximate surface area is 144 Å². The summed E-state index contributed by atoms with van der Waals surface area (Å²) in [4.78, 5) is 11.8. The van der Waals surface area contributed by atoms with Gasteiger partial charge in [0.25, 0.3) is 0 Å². The van der Waals surface area contributed by atoms with Crippen LogP contribution in [0.25, 0.3) is 0 Å². The Balaban J connectivity index is 1.43. The minimum atomic E-state index is -0.192. The summed E-state index contributed by atoms with van der Waals surface area (Å²) < 4.78 is 10.5. The fourth-order valence-corrected chi connectivity index (χ4v) is 3.89. The predicted octanol–water partition coefficient (Wildman–Crippen LogP) is 3.27. The number of hydrogen-bond donors (Lipinski definition) is 1. The van der Waals surface area contributed by atoms with Gasteiger partial charge < -0.3 is 14.8 Å². The van der Waals surface area contributed by atoms with Crippen molar-refractivity contribution in [3.8, 4) is 0 Å². The molecule has 4 heteroatoms. The average Bonchev–Trinajstić information content (AvgIpc) is 2.59. The van der Waals surface area contributed by atoms with Crippen molar-refractivity contribution in [2.24, 2.45) is 5.92 Å². The van der Waals surface area contributed by atoms with Crippen molar-refractivity contribution in [1.29, 1.82) is 0 Å². The van der Waals surface area contributed by atoms with Gasteiger partial charge in [0.2, 0.25) is 0 Å². The Morgan fingerprint density at radius 2 is 1.92 bits per heavy atom. The largest absolute Gasteiger partial charge is 0.466 e. The summed E-state index contributed by atoms with van der Waals surface area (Å²) in [5.41, 5.74) is 1.29. The first kappa shape index (κ1) is 17.4. The first-order valence-corrected chi connectivity index (χ1v) is 9.24. The molecular formula is C20H29NO3. The van der Waals surface area contributed by atoms with Crippen LogP contribution in [-0.2, 0) is 14.3 Å². The van der Waals surface area contributed by atoms with E-state index in [-0.39, 0.29) is 11.5 Å². The molecule has 0 aromatic heterocycles. The third-order valence-corrected chi connectivity index (χ3v) is 5.43. The van der Waals surface area contributed by atoms with Gasteiger partial charge in [-0.2, -0.15) is 0 Å². The van der Waals surface area contributed by atoms with Gasteiger partial charge >= 0.3 is 5.97 Å². The van der Waals surface area contributed by atoms with Crippen molar-refractivity contribution < 1.29 is 14.3 Å². The first-order chi connectivity index (χ1) is 11.7. The summed E-state index contributed by atoms with van der Waals surface area (Å²) in [5.74, 6) is 1.29. The smallest absolute Gasteiger partial charge is 0.307 e. The number of rotatable bonds is 7. The van der Waals surface area contributed by atoms with Crippen LogP contribution in [0.4, 0.5) is 0 Å². The molecule has 132 valence electrons. The summed E-state index contributed by atoms with van der Waals surface area (Å²) in [6.45, 7) is 4.50. The molecule has 0 radical (unpaired) electrons. The van der Waals surface area contributed by atoms with Crippen LogP contribution in [0.15, 0.2) is 30.3 Å². The van der Waals surface area contributed by atoms with Gasteiger partial charge in [0.1, 0.15) is 0 Å². The zero-order valence-electron chi connectivity index (χ0n) is 14.6. The Hall–Kier alpha value is -1.39. The quantitative estimate of drug-likeness (QED) is 0.779. The molecule has 0 amide bonds. The third-order valence-electron chi connectivity index (χ3n) is 5.43. The highest BCUT2D eigenvalue weighted by Gasteiger charge is 2.41. The Bertz CT molecular complexity index is 519. The van der Waals surface area contributed by atoms with Crippen LogP contribution < -0.4 is 5.32 Å². The minimum absolute atomic E-state index is 0.124. The number of esters is 1. The Morgan fingerprint density at radius 3 is 2.50 bits per heavy atom. The average molecular weight is 331 g/mol. The van der Waals surface area contributed by atoms with Crippen LogP contribution in [0, 0.1) is 5.92 Å². The molecule has 1 saturated carbocycles. The maximum absolute atomic E-state index is 11.8. The second-order valence-electron chi connectivity index (χ2n) is 7.26. The SMILES string of the molecule is CCOC(=O)CC1(NCC2CCC(c3ccccc3)CC2)COC1. The molecule has 0 atom stereocenters. The second kappa shape index (κ2) is 8.13. The minimum Gasteiger partial charge on any atom is -0.466 e. The van der Waals surface area contributed by atoms with Gasteiger partial charge in [-0.05, 0) is 56.6 Å². The summed E-state index contributed by atoms with van der Waals surface area (Å²) in [6.07, 6.45) is 5.45. The number of benzene rings is 1. The standard InChI is InChI=1S/C20H29NO3/c1-2-24-19(22)12-20(14-23-15-20)21-13-16-8-10-18(11-9-16)17-6-4-3-5-7-17/h3-7,16,18,21H,2,8-15H2,1H3. The fourth-order valence-electron chi connectivity index (χ4n) is 3.89. The van der Waals surface area contributed by atoms with E-state index in [1.807, 2.05) is 6.92 Å². The van der Waals surface area contributed by atoms with Crippen molar-refractivity contribution in [2.75, 3.05) is 26.4 Å². The lowest BCUT2D eigenvalue weighted by molar-refractivity contribution is -0.152. The van der Waals surface area contributed by atoms with Gasteiger partial charge in [-0.1, -0.05) is 30.3 Å². The van der Waals surface area contributed by atoms with Crippen LogP contribution in [0.2, 0.25) is 0 Å². The molecule has 2 fully saturated rings.